The van der Waals surface area contributed by atoms with Crippen molar-refractivity contribution < 1.29 is 18.0 Å². The minimum absolute atomic E-state index is 0.0253. The molecule has 0 aliphatic carbocycles. The van der Waals surface area contributed by atoms with E-state index in [1.165, 1.54) is 23.7 Å². The number of nitrogens with zero attached hydrogens (tertiary/aromatic N) is 2. The lowest BCUT2D eigenvalue weighted by Crippen LogP contribution is -2.20. The van der Waals surface area contributed by atoms with Crippen molar-refractivity contribution in [3.63, 3.8) is 0 Å². The van der Waals surface area contributed by atoms with Crippen LogP contribution in [0, 0.1) is 0 Å². The Labute approximate surface area is 161 Å². The van der Waals surface area contributed by atoms with Crippen LogP contribution in [0.3, 0.4) is 0 Å². The minimum atomic E-state index is -4.51. The van der Waals surface area contributed by atoms with Crippen LogP contribution >= 0.6 is 11.8 Å². The predicted molar refractivity (Wildman–Crippen MR) is 98.9 cm³/mol. The fourth-order valence-electron chi connectivity index (χ4n) is 2.43. The lowest BCUT2D eigenvalue weighted by molar-refractivity contribution is -0.137. The highest BCUT2D eigenvalue weighted by molar-refractivity contribution is 8.00. The molecule has 0 saturated carbocycles. The van der Waals surface area contributed by atoms with Gasteiger partial charge in [0.05, 0.1) is 5.56 Å². The quantitative estimate of drug-likeness (QED) is 0.633. The van der Waals surface area contributed by atoms with Crippen LogP contribution in [-0.2, 0) is 18.0 Å². The summed E-state index contributed by atoms with van der Waals surface area (Å²) in [7, 11) is 1.50. The third-order valence-corrected chi connectivity index (χ3v) is 5.16. The molecule has 0 aliphatic heterocycles. The van der Waals surface area contributed by atoms with E-state index in [1.54, 1.807) is 30.3 Å². The van der Waals surface area contributed by atoms with Gasteiger partial charge in [-0.2, -0.15) is 13.2 Å². The van der Waals surface area contributed by atoms with Gasteiger partial charge in [0, 0.05) is 12.7 Å². The highest BCUT2D eigenvalue weighted by atomic mass is 32.2. The summed E-state index contributed by atoms with van der Waals surface area (Å²) in [5.41, 5.74) is -0.652. The number of alkyl halides is 3. The lowest BCUT2D eigenvalue weighted by Gasteiger charge is -2.17. The highest BCUT2D eigenvalue weighted by Crippen LogP contribution is 2.35. The summed E-state index contributed by atoms with van der Waals surface area (Å²) in [5.74, 6) is -0.536. The van der Waals surface area contributed by atoms with E-state index >= 15 is 0 Å². The van der Waals surface area contributed by atoms with Gasteiger partial charge >= 0.3 is 11.9 Å². The predicted octanol–water partition coefficient (Wildman–Crippen LogP) is 3.60. The van der Waals surface area contributed by atoms with Gasteiger partial charge in [0.2, 0.25) is 5.91 Å². The summed E-state index contributed by atoms with van der Waals surface area (Å²) in [6, 6.07) is 13.1. The fraction of sp³-hybridized carbons (Fsp3) is 0.167. The number of rotatable bonds is 5. The summed E-state index contributed by atoms with van der Waals surface area (Å²) in [4.78, 5) is 24.4. The van der Waals surface area contributed by atoms with E-state index in [2.05, 4.69) is 15.5 Å². The average molecular weight is 408 g/mol. The molecule has 0 unspecified atom stereocenters. The average Bonchev–Trinajstić information content (AvgIpc) is 2.98. The van der Waals surface area contributed by atoms with Crippen molar-refractivity contribution in [1.29, 1.82) is 0 Å². The summed E-state index contributed by atoms with van der Waals surface area (Å²) in [5, 5.41) is 8.12. The van der Waals surface area contributed by atoms with Crippen molar-refractivity contribution >= 4 is 23.4 Å². The molecule has 1 aromatic heterocycles. The fourth-order valence-corrected chi connectivity index (χ4v) is 3.43. The molecule has 0 radical (unpaired) electrons. The monoisotopic (exact) mass is 408 g/mol. The van der Waals surface area contributed by atoms with Crippen molar-refractivity contribution in [1.82, 2.24) is 14.8 Å². The molecular formula is C18H15F3N4O2S. The number of hydrogen-bond acceptors (Lipinski definition) is 4. The lowest BCUT2D eigenvalue weighted by atomic mass is 10.1. The number of hydrogen-bond donors (Lipinski definition) is 2. The van der Waals surface area contributed by atoms with Gasteiger partial charge in [-0.3, -0.25) is 9.36 Å². The third-order valence-electron chi connectivity index (χ3n) is 3.86. The van der Waals surface area contributed by atoms with E-state index < -0.39 is 28.6 Å². The van der Waals surface area contributed by atoms with Crippen LogP contribution in [-0.4, -0.2) is 20.7 Å². The van der Waals surface area contributed by atoms with Crippen molar-refractivity contribution in [3.05, 3.63) is 76.2 Å². The van der Waals surface area contributed by atoms with E-state index in [0.29, 0.717) is 5.56 Å². The van der Waals surface area contributed by atoms with Gasteiger partial charge in [-0.15, -0.1) is 5.10 Å². The number of aromatic amines is 1. The van der Waals surface area contributed by atoms with Crippen LogP contribution in [0.1, 0.15) is 16.4 Å². The number of thioether (sulfide) groups is 1. The molecule has 0 fully saturated rings. The minimum Gasteiger partial charge on any atom is -0.325 e. The van der Waals surface area contributed by atoms with Crippen LogP contribution in [0.15, 0.2) is 64.5 Å². The first-order valence-corrected chi connectivity index (χ1v) is 8.95. The van der Waals surface area contributed by atoms with Crippen molar-refractivity contribution in [2.24, 2.45) is 7.05 Å². The molecule has 0 bridgehead atoms. The topological polar surface area (TPSA) is 79.8 Å². The molecule has 10 heteroatoms. The first kappa shape index (κ1) is 19.7. The standard InChI is InChI=1S/C18H15F3N4O2S/c1-25-16(27)23-24-17(25)28-14(11-6-3-2-4-7-11)15(26)22-13-9-5-8-12(10-13)18(19,20)21/h2-10,14H,1H3,(H,22,26)(H,23,27)/t14-/m0/s1. The molecule has 1 amide bonds. The molecule has 0 saturated heterocycles. The molecule has 2 N–H and O–H groups in total. The van der Waals surface area contributed by atoms with Gasteiger partial charge in [-0.1, -0.05) is 48.2 Å². The largest absolute Gasteiger partial charge is 0.416 e. The number of carbonyl (C=O) groups is 1. The number of nitrogens with one attached hydrogen (secondary N) is 2. The summed E-state index contributed by atoms with van der Waals surface area (Å²) >= 11 is 1.01. The smallest absolute Gasteiger partial charge is 0.325 e. The Bertz CT molecular complexity index is 1030. The Morgan fingerprint density at radius 3 is 2.50 bits per heavy atom. The zero-order valence-electron chi connectivity index (χ0n) is 14.5. The van der Waals surface area contributed by atoms with Gasteiger partial charge in [-0.05, 0) is 23.8 Å². The third kappa shape index (κ3) is 4.45. The Hall–Kier alpha value is -3.01. The second kappa shape index (κ2) is 7.93. The molecule has 0 aliphatic rings. The van der Waals surface area contributed by atoms with Crippen LogP contribution in [0.25, 0.3) is 0 Å². The molecular weight excluding hydrogens is 393 g/mol. The molecule has 1 heterocycles. The van der Waals surface area contributed by atoms with Crippen LogP contribution in [0.4, 0.5) is 18.9 Å². The van der Waals surface area contributed by atoms with Crippen molar-refractivity contribution in [2.45, 2.75) is 16.6 Å². The van der Waals surface area contributed by atoms with Gasteiger partial charge in [0.15, 0.2) is 5.16 Å². The zero-order valence-corrected chi connectivity index (χ0v) is 15.3. The van der Waals surface area contributed by atoms with Crippen LogP contribution < -0.4 is 11.0 Å². The van der Waals surface area contributed by atoms with Crippen LogP contribution in [0.2, 0.25) is 0 Å². The summed E-state index contributed by atoms with van der Waals surface area (Å²) in [6.45, 7) is 0. The Kier molecular flexibility index (Phi) is 5.59. The maximum absolute atomic E-state index is 12.9. The maximum atomic E-state index is 12.9. The normalized spacial score (nSPS) is 12.6. The second-order valence-corrected chi connectivity index (χ2v) is 6.92. The van der Waals surface area contributed by atoms with E-state index in [1.807, 2.05) is 0 Å². The van der Waals surface area contributed by atoms with Gasteiger partial charge < -0.3 is 5.32 Å². The van der Waals surface area contributed by atoms with Gasteiger partial charge in [-0.25, -0.2) is 9.89 Å². The molecule has 2 aromatic carbocycles. The molecule has 1 atom stereocenters. The Morgan fingerprint density at radius 1 is 1.18 bits per heavy atom. The van der Waals surface area contributed by atoms with E-state index in [9.17, 15) is 22.8 Å². The van der Waals surface area contributed by atoms with Gasteiger partial charge in [0.1, 0.15) is 5.25 Å². The van der Waals surface area contributed by atoms with E-state index in [0.717, 1.165) is 23.9 Å². The number of carbonyl (C=O) groups excluding carboxylic acids is 1. The van der Waals surface area contributed by atoms with E-state index in [-0.39, 0.29) is 10.8 Å². The number of benzene rings is 2. The number of H-pyrrole nitrogens is 1. The molecule has 3 aromatic rings. The van der Waals surface area contributed by atoms with E-state index in [4.69, 9.17) is 0 Å². The number of amides is 1. The summed E-state index contributed by atoms with van der Waals surface area (Å²) in [6.07, 6.45) is -4.51. The Balaban J connectivity index is 1.89. The van der Waals surface area contributed by atoms with Crippen LogP contribution in [0.5, 0.6) is 0 Å². The molecule has 6 nitrogen and oxygen atoms in total. The zero-order chi connectivity index (χ0) is 20.3. The Morgan fingerprint density at radius 2 is 1.89 bits per heavy atom. The maximum Gasteiger partial charge on any atom is 0.416 e. The van der Waals surface area contributed by atoms with Crippen molar-refractivity contribution in [2.75, 3.05) is 5.32 Å². The van der Waals surface area contributed by atoms with Crippen molar-refractivity contribution in [3.8, 4) is 0 Å². The number of halogens is 3. The van der Waals surface area contributed by atoms with Gasteiger partial charge in [0.25, 0.3) is 0 Å². The molecule has 0 spiro atoms. The highest BCUT2D eigenvalue weighted by Gasteiger charge is 2.31. The SMILES string of the molecule is Cn1c(S[C@H](C(=O)Nc2cccc(C(F)(F)F)c2)c2ccccc2)n[nH]c1=O. The molecule has 3 rings (SSSR count). The molecule has 146 valence electrons. The number of aromatic nitrogens is 3. The first-order chi connectivity index (χ1) is 13.3. The molecule has 28 heavy (non-hydrogen) atoms. The number of anilines is 1. The second-order valence-electron chi connectivity index (χ2n) is 5.85. The summed E-state index contributed by atoms with van der Waals surface area (Å²) < 4.78 is 40.0. The first-order valence-electron chi connectivity index (χ1n) is 8.07.